The molecule has 2 aromatic carbocycles. The lowest BCUT2D eigenvalue weighted by atomic mass is 10.2. The number of nitrogens with zero attached hydrogens (tertiary/aromatic N) is 4. The molecule has 7 heteroatoms. The van der Waals surface area contributed by atoms with Gasteiger partial charge in [-0.25, -0.2) is 0 Å². The van der Waals surface area contributed by atoms with E-state index in [0.29, 0.717) is 22.9 Å². The molecule has 1 aliphatic rings. The highest BCUT2D eigenvalue weighted by atomic mass is 35.5. The lowest BCUT2D eigenvalue weighted by molar-refractivity contribution is 0.886. The van der Waals surface area contributed by atoms with Crippen molar-refractivity contribution in [2.24, 2.45) is 0 Å². The maximum atomic E-state index is 5.97. The summed E-state index contributed by atoms with van der Waals surface area (Å²) in [7, 11) is 0. The topological polar surface area (TPSA) is 66.0 Å². The first-order valence-electron chi connectivity index (χ1n) is 9.03. The molecule has 0 bridgehead atoms. The van der Waals surface area contributed by atoms with Gasteiger partial charge in [0, 0.05) is 29.5 Å². The first-order chi connectivity index (χ1) is 13.2. The highest BCUT2D eigenvalue weighted by Crippen LogP contribution is 2.23. The fourth-order valence-electron chi connectivity index (χ4n) is 3.05. The standard InChI is InChI=1S/C20H21ClN6/c1-14-5-4-6-17(13-14)23-19-24-18(22-16-9-7-15(21)8-10-16)25-20(26-19)27-11-2-3-12-27/h4-10,13H,2-3,11-12H2,1H3,(H2,22,23,24,25,26). The number of benzene rings is 2. The fraction of sp³-hybridized carbons (Fsp3) is 0.250. The summed E-state index contributed by atoms with van der Waals surface area (Å²) >= 11 is 5.97. The van der Waals surface area contributed by atoms with Crippen molar-refractivity contribution in [2.75, 3.05) is 28.6 Å². The monoisotopic (exact) mass is 380 g/mol. The highest BCUT2D eigenvalue weighted by molar-refractivity contribution is 6.30. The maximum Gasteiger partial charge on any atom is 0.233 e. The normalized spacial score (nSPS) is 13.6. The number of aromatic nitrogens is 3. The lowest BCUT2D eigenvalue weighted by Crippen LogP contribution is -2.21. The van der Waals surface area contributed by atoms with E-state index in [2.05, 4.69) is 49.5 Å². The third kappa shape index (κ3) is 4.46. The Hall–Kier alpha value is -2.86. The average Bonchev–Trinajstić information content (AvgIpc) is 3.18. The summed E-state index contributed by atoms with van der Waals surface area (Å²) in [5, 5.41) is 7.23. The van der Waals surface area contributed by atoms with Gasteiger partial charge in [0.05, 0.1) is 0 Å². The van der Waals surface area contributed by atoms with Gasteiger partial charge in [-0.15, -0.1) is 0 Å². The summed E-state index contributed by atoms with van der Waals surface area (Å²) in [5.74, 6) is 1.72. The van der Waals surface area contributed by atoms with Crippen LogP contribution in [0.3, 0.4) is 0 Å². The molecule has 0 aliphatic carbocycles. The van der Waals surface area contributed by atoms with Crippen molar-refractivity contribution in [1.82, 2.24) is 15.0 Å². The number of aryl methyl sites for hydroxylation is 1. The Morgan fingerprint density at radius 1 is 0.852 bits per heavy atom. The van der Waals surface area contributed by atoms with Gasteiger partial charge in [0.2, 0.25) is 17.8 Å². The van der Waals surface area contributed by atoms with Crippen LogP contribution in [0.25, 0.3) is 0 Å². The van der Waals surface area contributed by atoms with Gasteiger partial charge in [0.15, 0.2) is 0 Å². The third-order valence-corrected chi connectivity index (χ3v) is 4.64. The lowest BCUT2D eigenvalue weighted by Gasteiger charge is -2.17. The van der Waals surface area contributed by atoms with E-state index in [1.807, 2.05) is 36.4 Å². The number of hydrogen-bond donors (Lipinski definition) is 2. The number of halogens is 1. The Morgan fingerprint density at radius 2 is 1.52 bits per heavy atom. The third-order valence-electron chi connectivity index (χ3n) is 4.39. The van der Waals surface area contributed by atoms with Gasteiger partial charge in [-0.3, -0.25) is 0 Å². The second-order valence-corrected chi connectivity index (χ2v) is 7.04. The fourth-order valence-corrected chi connectivity index (χ4v) is 3.18. The molecule has 1 fully saturated rings. The molecule has 1 aliphatic heterocycles. The zero-order valence-electron chi connectivity index (χ0n) is 15.1. The van der Waals surface area contributed by atoms with E-state index < -0.39 is 0 Å². The molecule has 6 nitrogen and oxygen atoms in total. The maximum absolute atomic E-state index is 5.97. The summed E-state index contributed by atoms with van der Waals surface area (Å²) in [6.45, 7) is 3.99. The van der Waals surface area contributed by atoms with Crippen LogP contribution in [0.5, 0.6) is 0 Å². The molecule has 2 N–H and O–H groups in total. The van der Waals surface area contributed by atoms with E-state index in [4.69, 9.17) is 11.6 Å². The van der Waals surface area contributed by atoms with Crippen molar-refractivity contribution >= 4 is 40.8 Å². The van der Waals surface area contributed by atoms with E-state index in [1.165, 1.54) is 5.56 Å². The average molecular weight is 381 g/mol. The van der Waals surface area contributed by atoms with Gasteiger partial charge in [-0.1, -0.05) is 23.7 Å². The minimum absolute atomic E-state index is 0.504. The van der Waals surface area contributed by atoms with Gasteiger partial charge >= 0.3 is 0 Å². The molecule has 0 amide bonds. The van der Waals surface area contributed by atoms with E-state index in [-0.39, 0.29) is 0 Å². The minimum Gasteiger partial charge on any atom is -0.341 e. The Balaban J connectivity index is 1.64. The van der Waals surface area contributed by atoms with Gasteiger partial charge < -0.3 is 15.5 Å². The zero-order chi connectivity index (χ0) is 18.6. The molecule has 27 heavy (non-hydrogen) atoms. The summed E-state index contributed by atoms with van der Waals surface area (Å²) < 4.78 is 0. The zero-order valence-corrected chi connectivity index (χ0v) is 15.9. The predicted molar refractivity (Wildman–Crippen MR) is 110 cm³/mol. The molecule has 4 rings (SSSR count). The van der Waals surface area contributed by atoms with E-state index in [9.17, 15) is 0 Å². The van der Waals surface area contributed by atoms with Crippen LogP contribution >= 0.6 is 11.6 Å². The first-order valence-corrected chi connectivity index (χ1v) is 9.41. The molecule has 138 valence electrons. The van der Waals surface area contributed by atoms with E-state index in [0.717, 1.165) is 37.3 Å². The minimum atomic E-state index is 0.504. The van der Waals surface area contributed by atoms with Crippen molar-refractivity contribution in [1.29, 1.82) is 0 Å². The SMILES string of the molecule is Cc1cccc(Nc2nc(Nc3ccc(Cl)cc3)nc(N3CCCC3)n2)c1. The van der Waals surface area contributed by atoms with Crippen molar-refractivity contribution in [3.8, 4) is 0 Å². The summed E-state index contributed by atoms with van der Waals surface area (Å²) in [6.07, 6.45) is 2.32. The van der Waals surface area contributed by atoms with Crippen LogP contribution in [0.1, 0.15) is 18.4 Å². The van der Waals surface area contributed by atoms with Crippen LogP contribution in [-0.2, 0) is 0 Å². The molecule has 3 aromatic rings. The Kier molecular flexibility index (Phi) is 5.07. The van der Waals surface area contributed by atoms with Crippen LogP contribution in [-0.4, -0.2) is 28.0 Å². The molecular weight excluding hydrogens is 360 g/mol. The Labute approximate surface area is 163 Å². The second-order valence-electron chi connectivity index (χ2n) is 6.60. The van der Waals surface area contributed by atoms with Gasteiger partial charge in [0.25, 0.3) is 0 Å². The predicted octanol–water partition coefficient (Wildman–Crippen LogP) is 4.92. The summed E-state index contributed by atoms with van der Waals surface area (Å²) in [4.78, 5) is 16.0. The second kappa shape index (κ2) is 7.80. The number of hydrogen-bond acceptors (Lipinski definition) is 6. The number of rotatable bonds is 5. The summed E-state index contributed by atoms with van der Waals surface area (Å²) in [5.41, 5.74) is 3.00. The molecule has 0 atom stereocenters. The molecule has 1 saturated heterocycles. The molecular formula is C20H21ClN6. The van der Waals surface area contributed by atoms with Crippen LogP contribution in [0.4, 0.5) is 29.2 Å². The first kappa shape index (κ1) is 17.5. The smallest absolute Gasteiger partial charge is 0.233 e. The molecule has 0 unspecified atom stereocenters. The summed E-state index contributed by atoms with van der Waals surface area (Å²) in [6, 6.07) is 15.6. The molecule has 0 spiro atoms. The molecule has 2 heterocycles. The van der Waals surface area contributed by atoms with Gasteiger partial charge in [-0.05, 0) is 61.7 Å². The molecule has 0 radical (unpaired) electrons. The Morgan fingerprint density at radius 3 is 2.19 bits per heavy atom. The van der Waals surface area contributed by atoms with E-state index in [1.54, 1.807) is 0 Å². The van der Waals surface area contributed by atoms with Gasteiger partial charge in [-0.2, -0.15) is 15.0 Å². The van der Waals surface area contributed by atoms with Crippen molar-refractivity contribution in [3.05, 3.63) is 59.1 Å². The van der Waals surface area contributed by atoms with Crippen LogP contribution in [0, 0.1) is 6.92 Å². The quantitative estimate of drug-likeness (QED) is 0.654. The molecule has 0 saturated carbocycles. The van der Waals surface area contributed by atoms with E-state index >= 15 is 0 Å². The van der Waals surface area contributed by atoms with Crippen molar-refractivity contribution in [3.63, 3.8) is 0 Å². The van der Waals surface area contributed by atoms with Crippen LogP contribution < -0.4 is 15.5 Å². The molecule has 1 aromatic heterocycles. The van der Waals surface area contributed by atoms with Crippen LogP contribution in [0.2, 0.25) is 5.02 Å². The van der Waals surface area contributed by atoms with Crippen LogP contribution in [0.15, 0.2) is 48.5 Å². The number of anilines is 5. The van der Waals surface area contributed by atoms with Crippen molar-refractivity contribution < 1.29 is 0 Å². The van der Waals surface area contributed by atoms with Gasteiger partial charge in [0.1, 0.15) is 0 Å². The Bertz CT molecular complexity index is 922. The van der Waals surface area contributed by atoms with Crippen molar-refractivity contribution in [2.45, 2.75) is 19.8 Å². The highest BCUT2D eigenvalue weighted by Gasteiger charge is 2.17. The number of nitrogens with one attached hydrogen (secondary N) is 2. The largest absolute Gasteiger partial charge is 0.341 e.